The molecule has 0 saturated heterocycles. The van der Waals surface area contributed by atoms with Crippen LogP contribution >= 0.6 is 50.7 Å². The molecule has 508 valence electrons. The summed E-state index contributed by atoms with van der Waals surface area (Å²) in [5, 5.41) is 9.24. The summed E-state index contributed by atoms with van der Waals surface area (Å²) in [6.07, 6.45) is 0. The number of nitrogen functional groups attached to an aromatic ring is 1. The highest BCUT2D eigenvalue weighted by atomic mass is 79.9. The first kappa shape index (κ1) is 68.1. The predicted molar refractivity (Wildman–Crippen MR) is 438 cm³/mol. The zero-order valence-electron chi connectivity index (χ0n) is 59.5. The number of hydrogen-bond acceptors (Lipinski definition) is 4. The van der Waals surface area contributed by atoms with E-state index in [0.717, 1.165) is 92.4 Å². The summed E-state index contributed by atoms with van der Waals surface area (Å²) in [7, 11) is 0. The van der Waals surface area contributed by atoms with Crippen LogP contribution in [-0.4, -0.2) is 9.13 Å². The molecule has 0 amide bonds. The molecule has 2 aliphatic carbocycles. The van der Waals surface area contributed by atoms with E-state index in [4.69, 9.17) is 49.4 Å². The van der Waals surface area contributed by atoms with Crippen molar-refractivity contribution in [2.24, 2.45) is 0 Å². The minimum Gasteiger partial charge on any atom is -0.454 e. The highest BCUT2D eigenvalue weighted by molar-refractivity contribution is 9.10. The van der Waals surface area contributed by atoms with Gasteiger partial charge in [0.2, 0.25) is 0 Å². The number of nitrogens with two attached hydrogens (primary N) is 1. The zero-order valence-corrected chi connectivity index (χ0v) is 63.3. The molecule has 0 aliphatic heterocycles. The SMILES string of the molecule is Cc1cc(Cl)cc(-n2c3c(c4cc(C(C)(C)C)ccc42)-c2ccccc2C3(C)C)c1.Cc1cc(N(c2cccc(Cl)c2)c2cccc3c2oc2ccccc23)cc(-n2c3c(c4cc(C(C)(C)C)ccc42)-c2ccccc2C3(C)C)c1.Clc1cccc(Br)c1.Nc1cccc2c1oc1ccccc12. The zero-order chi connectivity index (χ0) is 71.5. The average molecular weight is 1460 g/mol. The Morgan fingerprint density at radius 1 is 0.402 bits per heavy atom. The summed E-state index contributed by atoms with van der Waals surface area (Å²) < 4.78 is 18.2. The summed E-state index contributed by atoms with van der Waals surface area (Å²) in [5.41, 5.74) is 33.3. The van der Waals surface area contributed by atoms with E-state index in [0.29, 0.717) is 10.7 Å². The van der Waals surface area contributed by atoms with Crippen molar-refractivity contribution in [2.75, 3.05) is 10.6 Å². The fraction of sp³-hybridized carbons (Fsp3) is 0.174. The fourth-order valence-corrected chi connectivity index (χ4v) is 16.7. The maximum absolute atomic E-state index is 6.69. The van der Waals surface area contributed by atoms with Crippen LogP contribution in [0.15, 0.2) is 268 Å². The van der Waals surface area contributed by atoms with Gasteiger partial charge in [0, 0.05) is 108 Å². The van der Waals surface area contributed by atoms with Gasteiger partial charge in [-0.05, 0) is 191 Å². The maximum atomic E-state index is 6.69. The quantitative estimate of drug-likeness (QED) is 0.174. The molecule has 2 N–H and O–H groups in total. The lowest BCUT2D eigenvalue weighted by Gasteiger charge is -2.28. The fourth-order valence-electron chi connectivity index (χ4n) is 15.6. The summed E-state index contributed by atoms with van der Waals surface area (Å²) in [5.74, 6) is 0. The number of aromatic nitrogens is 2. The Hall–Kier alpha value is -9.73. The van der Waals surface area contributed by atoms with Gasteiger partial charge in [0.25, 0.3) is 0 Å². The van der Waals surface area contributed by atoms with Crippen LogP contribution in [0.2, 0.25) is 15.1 Å². The molecule has 0 unspecified atom stereocenters. The summed E-state index contributed by atoms with van der Waals surface area (Å²) in [4.78, 5) is 2.29. The molecule has 6 nitrogen and oxygen atoms in total. The van der Waals surface area contributed by atoms with Gasteiger partial charge in [-0.25, -0.2) is 0 Å². The van der Waals surface area contributed by atoms with E-state index in [-0.39, 0.29) is 21.7 Å². The number of anilines is 4. The van der Waals surface area contributed by atoms with E-state index in [1.165, 1.54) is 83.3 Å². The molecular formula is C92H80BrCl3N4O2. The molecule has 4 aromatic heterocycles. The highest BCUT2D eigenvalue weighted by Crippen LogP contribution is 2.57. The smallest absolute Gasteiger partial charge is 0.159 e. The number of furan rings is 2. The molecule has 0 fully saturated rings. The first-order valence-corrected chi connectivity index (χ1v) is 36.7. The minimum atomic E-state index is -0.205. The van der Waals surface area contributed by atoms with Gasteiger partial charge < -0.3 is 28.6 Å². The third-order valence-corrected chi connectivity index (χ3v) is 21.5. The van der Waals surface area contributed by atoms with E-state index in [9.17, 15) is 0 Å². The first-order valence-electron chi connectivity index (χ1n) is 34.8. The van der Waals surface area contributed by atoms with Crippen molar-refractivity contribution in [1.82, 2.24) is 9.13 Å². The third kappa shape index (κ3) is 12.1. The Balaban J connectivity index is 0.000000134. The highest BCUT2D eigenvalue weighted by Gasteiger charge is 2.43. The van der Waals surface area contributed by atoms with Crippen LogP contribution in [0.4, 0.5) is 22.7 Å². The van der Waals surface area contributed by atoms with Crippen molar-refractivity contribution in [3.05, 3.63) is 319 Å². The number of para-hydroxylation sites is 4. The van der Waals surface area contributed by atoms with Gasteiger partial charge in [-0.15, -0.1) is 0 Å². The molecule has 18 rings (SSSR count). The molecule has 16 aromatic rings. The number of fused-ring (bicyclic) bond motifs is 16. The van der Waals surface area contributed by atoms with Gasteiger partial charge in [-0.3, -0.25) is 0 Å². The molecule has 0 saturated carbocycles. The van der Waals surface area contributed by atoms with E-state index in [1.807, 2.05) is 103 Å². The molecule has 10 heteroatoms. The molecule has 0 spiro atoms. The Kier molecular flexibility index (Phi) is 17.3. The van der Waals surface area contributed by atoms with Gasteiger partial charge in [0.15, 0.2) is 11.2 Å². The normalized spacial score (nSPS) is 13.3. The van der Waals surface area contributed by atoms with Gasteiger partial charge in [-0.1, -0.05) is 253 Å². The van der Waals surface area contributed by atoms with Crippen molar-refractivity contribution in [3.63, 3.8) is 0 Å². The van der Waals surface area contributed by atoms with Crippen LogP contribution in [-0.2, 0) is 21.7 Å². The molecule has 2 aliphatic rings. The van der Waals surface area contributed by atoms with Crippen molar-refractivity contribution >= 4 is 139 Å². The second-order valence-electron chi connectivity index (χ2n) is 30.3. The molecule has 4 heterocycles. The first-order chi connectivity index (χ1) is 48.7. The Morgan fingerprint density at radius 3 is 1.38 bits per heavy atom. The summed E-state index contributed by atoms with van der Waals surface area (Å²) in [6.45, 7) is 27.5. The molecule has 0 bridgehead atoms. The molecular weight excluding hydrogens is 1380 g/mol. The number of benzene rings is 12. The van der Waals surface area contributed by atoms with Crippen LogP contribution in [0, 0.1) is 13.8 Å². The second kappa shape index (κ2) is 26.0. The van der Waals surface area contributed by atoms with Crippen LogP contribution in [0.5, 0.6) is 0 Å². The molecule has 0 atom stereocenters. The number of halogens is 4. The Morgan fingerprint density at radius 2 is 0.863 bits per heavy atom. The monoisotopic (exact) mass is 1460 g/mol. The molecule has 0 radical (unpaired) electrons. The number of hydrogen-bond donors (Lipinski definition) is 1. The van der Waals surface area contributed by atoms with Gasteiger partial charge in [0.1, 0.15) is 11.2 Å². The average Bonchev–Trinajstić information content (AvgIpc) is 1.54. The molecule has 102 heavy (non-hydrogen) atoms. The lowest BCUT2D eigenvalue weighted by atomic mass is 9.85. The van der Waals surface area contributed by atoms with Crippen LogP contribution in [0.1, 0.15) is 114 Å². The van der Waals surface area contributed by atoms with Crippen molar-refractivity contribution < 1.29 is 8.83 Å². The second-order valence-corrected chi connectivity index (χ2v) is 32.5. The van der Waals surface area contributed by atoms with E-state index in [2.05, 4.69) is 265 Å². The van der Waals surface area contributed by atoms with E-state index >= 15 is 0 Å². The number of aryl methyl sites for hydroxylation is 2. The predicted octanol–water partition coefficient (Wildman–Crippen LogP) is 28.0. The van der Waals surface area contributed by atoms with Gasteiger partial charge in [-0.2, -0.15) is 0 Å². The topological polar surface area (TPSA) is 65.4 Å². The van der Waals surface area contributed by atoms with Crippen molar-refractivity contribution in [3.8, 4) is 33.6 Å². The lowest BCUT2D eigenvalue weighted by molar-refractivity contribution is 0.591. The van der Waals surface area contributed by atoms with Gasteiger partial charge >= 0.3 is 0 Å². The van der Waals surface area contributed by atoms with Crippen LogP contribution in [0.25, 0.3) is 99.3 Å². The standard InChI is InChI=1S/C46H39ClN2O.C28H28ClN.C12H9NO.C6H4BrCl/c1-28-23-32(48(31-14-11-13-30(47)26-31)40-19-12-17-35-34-15-8-10-20-41(34)50-43(35)40)27-33(24-28)49-39-22-21-29(45(2,3)4)25-37(39)42-36-16-7-9-18-38(36)46(5,6)44(42)49;1-17-13-19(29)16-20(14-17)30-24-12-11-18(27(2,3)4)15-22(24)25-21-9-7-8-10-23(21)28(5,6)26(25)30;13-10-6-3-5-9-8-4-1-2-7-11(8)14-12(9)10;7-5-2-1-3-6(8)4-5/h7-27H,1-6H3;7-16H,1-6H3;1-7H,13H2;1-4H. The Bertz CT molecular complexity index is 5950. The number of nitrogens with zero attached hydrogens (tertiary/aromatic N) is 3. The van der Waals surface area contributed by atoms with E-state index in [1.54, 1.807) is 0 Å². The van der Waals surface area contributed by atoms with Crippen molar-refractivity contribution in [1.29, 1.82) is 0 Å². The summed E-state index contributed by atoms with van der Waals surface area (Å²) in [6, 6.07) is 89.2. The van der Waals surface area contributed by atoms with E-state index < -0.39 is 0 Å². The minimum absolute atomic E-state index is 0.0302. The van der Waals surface area contributed by atoms with Crippen molar-refractivity contribution in [2.45, 2.75) is 105 Å². The van der Waals surface area contributed by atoms with Crippen LogP contribution < -0.4 is 10.6 Å². The summed E-state index contributed by atoms with van der Waals surface area (Å²) >= 11 is 22.1. The largest absolute Gasteiger partial charge is 0.454 e. The lowest BCUT2D eigenvalue weighted by Crippen LogP contribution is -2.20. The Labute approximate surface area is 620 Å². The number of rotatable bonds is 5. The van der Waals surface area contributed by atoms with Gasteiger partial charge in [0.05, 0.1) is 22.4 Å². The third-order valence-electron chi connectivity index (χ3n) is 20.4. The molecule has 12 aromatic carbocycles. The van der Waals surface area contributed by atoms with Crippen LogP contribution in [0.3, 0.4) is 0 Å². The maximum Gasteiger partial charge on any atom is 0.159 e.